The van der Waals surface area contributed by atoms with E-state index in [0.29, 0.717) is 6.61 Å². The molecule has 0 rings (SSSR count). The Kier molecular flexibility index (Phi) is 43.7. The molecule has 0 heterocycles. The molecule has 0 bridgehead atoms. The number of rotatable bonds is 3. The summed E-state index contributed by atoms with van der Waals surface area (Å²) < 4.78 is 0. The maximum absolute atomic E-state index is 8.56. The van der Waals surface area contributed by atoms with Crippen molar-refractivity contribution < 1.29 is 45.3 Å². The van der Waals surface area contributed by atoms with E-state index in [9.17, 15) is 0 Å². The van der Waals surface area contributed by atoms with Crippen molar-refractivity contribution in [1.82, 2.24) is 0 Å². The van der Waals surface area contributed by atoms with Gasteiger partial charge in [-0.15, -0.1) is 0 Å². The summed E-state index contributed by atoms with van der Waals surface area (Å²) in [5.74, 6) is 0. The number of hydrogen-bond donors (Lipinski definition) is 6. The molecule has 0 saturated carbocycles. The van der Waals surface area contributed by atoms with Gasteiger partial charge in [-0.3, -0.25) is 5.26 Å². The number of aliphatic hydroxyl groups excluding tert-OH is 1. The van der Waals surface area contributed by atoms with Gasteiger partial charge in [-0.25, -0.2) is 14.5 Å². The molecular formula is C7H18O9. The van der Waals surface area contributed by atoms with Crippen molar-refractivity contribution in [2.75, 3.05) is 13.7 Å². The molecule has 0 aromatic carbocycles. The molecule has 0 fully saturated rings. The third-order valence-corrected chi connectivity index (χ3v) is 0.589. The van der Waals surface area contributed by atoms with Crippen molar-refractivity contribution in [3.63, 3.8) is 0 Å². The average Bonchev–Trinajstić information content (AvgIpc) is 2.16. The molecule has 0 aliphatic rings. The normalized spacial score (nSPS) is 6.75. The first-order chi connectivity index (χ1) is 7.38. The van der Waals surface area contributed by atoms with Crippen LogP contribution in [-0.2, 0) is 4.89 Å². The number of unbranched alkanes of at least 4 members (excludes halogenated alkanes) is 1. The molecule has 0 saturated heterocycles. The summed E-state index contributed by atoms with van der Waals surface area (Å²) in [6, 6.07) is 0. The largest absolute Gasteiger partial charge is 0.503 e. The number of aliphatic hydroxyl groups is 1. The zero-order chi connectivity index (χ0) is 14.0. The van der Waals surface area contributed by atoms with E-state index in [2.05, 4.69) is 4.89 Å². The van der Waals surface area contributed by atoms with E-state index >= 15 is 0 Å². The van der Waals surface area contributed by atoms with Crippen molar-refractivity contribution in [2.24, 2.45) is 0 Å². The molecule has 0 aromatic heterocycles. The molecule has 0 aliphatic heterocycles. The van der Waals surface area contributed by atoms with Crippen LogP contribution < -0.4 is 0 Å². The SMILES string of the molecule is CCCCOO.CO.O=C(O)O.O=C(O)O. The standard InChI is InChI=1S/C4H10O2.2CH2O3.CH4O/c1-2-3-4-6-5;2*2-1(3)4;1-2/h5H,2-4H2,1H3;2*(H2,2,3,4);2H,1H3. The molecule has 0 unspecified atom stereocenters. The monoisotopic (exact) mass is 246 g/mol. The van der Waals surface area contributed by atoms with Crippen molar-refractivity contribution in [3.05, 3.63) is 0 Å². The van der Waals surface area contributed by atoms with E-state index < -0.39 is 12.3 Å². The van der Waals surface area contributed by atoms with E-state index in [1.807, 2.05) is 6.92 Å². The minimum absolute atomic E-state index is 0.469. The van der Waals surface area contributed by atoms with E-state index in [1.165, 1.54) is 0 Å². The Morgan fingerprint density at radius 2 is 1.25 bits per heavy atom. The van der Waals surface area contributed by atoms with Gasteiger partial charge in [-0.1, -0.05) is 13.3 Å². The molecule has 16 heavy (non-hydrogen) atoms. The minimum atomic E-state index is -1.83. The summed E-state index contributed by atoms with van der Waals surface area (Å²) in [4.78, 5) is 20.9. The van der Waals surface area contributed by atoms with E-state index in [-0.39, 0.29) is 0 Å². The van der Waals surface area contributed by atoms with Crippen LogP contribution in [0.15, 0.2) is 0 Å². The molecule has 6 N–H and O–H groups in total. The Labute approximate surface area is 92.1 Å². The number of carbonyl (C=O) groups is 2. The third kappa shape index (κ3) is 803. The van der Waals surface area contributed by atoms with Crippen LogP contribution in [0, 0.1) is 0 Å². The van der Waals surface area contributed by atoms with Crippen LogP contribution in [0.4, 0.5) is 9.59 Å². The molecule has 9 heteroatoms. The van der Waals surface area contributed by atoms with Gasteiger partial charge in [0.25, 0.3) is 0 Å². The van der Waals surface area contributed by atoms with E-state index in [4.69, 9.17) is 40.4 Å². The van der Waals surface area contributed by atoms with Gasteiger partial charge in [0, 0.05) is 7.11 Å². The highest BCUT2D eigenvalue weighted by Gasteiger charge is 1.76. The lowest BCUT2D eigenvalue weighted by molar-refractivity contribution is -0.242. The van der Waals surface area contributed by atoms with Crippen molar-refractivity contribution >= 4 is 12.3 Å². The van der Waals surface area contributed by atoms with Crippen LogP contribution in [0.5, 0.6) is 0 Å². The van der Waals surface area contributed by atoms with Gasteiger partial charge in [0.05, 0.1) is 6.61 Å². The van der Waals surface area contributed by atoms with Gasteiger partial charge >= 0.3 is 12.3 Å². The van der Waals surface area contributed by atoms with Gasteiger partial charge in [-0.2, -0.15) is 0 Å². The van der Waals surface area contributed by atoms with Crippen molar-refractivity contribution in [1.29, 1.82) is 0 Å². The molecule has 0 atom stereocenters. The maximum atomic E-state index is 8.56. The van der Waals surface area contributed by atoms with E-state index in [1.54, 1.807) is 0 Å². The molecule has 100 valence electrons. The lowest BCUT2D eigenvalue weighted by atomic mass is 10.4. The summed E-state index contributed by atoms with van der Waals surface area (Å²) in [7, 11) is 1.00. The van der Waals surface area contributed by atoms with E-state index in [0.717, 1.165) is 20.0 Å². The summed E-state index contributed by atoms with van der Waals surface area (Å²) in [6.07, 6.45) is -1.66. The highest BCUT2D eigenvalue weighted by atomic mass is 17.1. The van der Waals surface area contributed by atoms with Crippen LogP contribution in [0.25, 0.3) is 0 Å². The summed E-state index contributed by atoms with van der Waals surface area (Å²) in [5.41, 5.74) is 0. The first-order valence-electron chi connectivity index (χ1n) is 3.93. The Balaban J connectivity index is -0.0000000643. The van der Waals surface area contributed by atoms with Gasteiger partial charge in [0.1, 0.15) is 0 Å². The van der Waals surface area contributed by atoms with Gasteiger partial charge in [-0.05, 0) is 6.42 Å². The first-order valence-corrected chi connectivity index (χ1v) is 3.93. The summed E-state index contributed by atoms with van der Waals surface area (Å²) in [6.45, 7) is 2.51. The zero-order valence-corrected chi connectivity index (χ0v) is 9.03. The Morgan fingerprint density at radius 3 is 1.31 bits per heavy atom. The number of hydrogen-bond acceptors (Lipinski definition) is 5. The predicted molar refractivity (Wildman–Crippen MR) is 52.9 cm³/mol. The lowest BCUT2D eigenvalue weighted by Gasteiger charge is -1.87. The molecule has 0 aromatic rings. The zero-order valence-electron chi connectivity index (χ0n) is 9.03. The molecule has 0 spiro atoms. The highest BCUT2D eigenvalue weighted by molar-refractivity contribution is 5.53. The summed E-state index contributed by atoms with van der Waals surface area (Å²) >= 11 is 0. The van der Waals surface area contributed by atoms with Gasteiger partial charge in [0.15, 0.2) is 0 Å². The second kappa shape index (κ2) is 29.2. The second-order valence-electron chi connectivity index (χ2n) is 1.75. The second-order valence-corrected chi connectivity index (χ2v) is 1.75. The third-order valence-electron chi connectivity index (χ3n) is 0.589. The van der Waals surface area contributed by atoms with Gasteiger partial charge < -0.3 is 25.5 Å². The van der Waals surface area contributed by atoms with Crippen LogP contribution in [-0.4, -0.2) is 56.8 Å². The molecule has 9 nitrogen and oxygen atoms in total. The predicted octanol–water partition coefficient (Wildman–Crippen LogP) is 1.33. The Morgan fingerprint density at radius 1 is 1.00 bits per heavy atom. The molecule has 0 radical (unpaired) electrons. The maximum Gasteiger partial charge on any atom is 0.503 e. The first kappa shape index (κ1) is 23.9. The Hall–Kier alpha value is -1.58. The number of carboxylic acid groups (broad SMARTS) is 4. The highest BCUT2D eigenvalue weighted by Crippen LogP contribution is 1.83. The van der Waals surface area contributed by atoms with Crippen LogP contribution >= 0.6 is 0 Å². The molecule has 0 aliphatic carbocycles. The molecular weight excluding hydrogens is 228 g/mol. The average molecular weight is 246 g/mol. The van der Waals surface area contributed by atoms with Crippen LogP contribution in [0.1, 0.15) is 19.8 Å². The lowest BCUT2D eigenvalue weighted by Crippen LogP contribution is -1.84. The smallest absolute Gasteiger partial charge is 0.450 e. The quantitative estimate of drug-likeness (QED) is 0.244. The minimum Gasteiger partial charge on any atom is -0.450 e. The van der Waals surface area contributed by atoms with Crippen molar-refractivity contribution in [3.8, 4) is 0 Å². The fourth-order valence-electron chi connectivity index (χ4n) is 0.209. The summed E-state index contributed by atoms with van der Waals surface area (Å²) in [5, 5.41) is 42.6. The fourth-order valence-corrected chi connectivity index (χ4v) is 0.209. The van der Waals surface area contributed by atoms with Gasteiger partial charge in [0.2, 0.25) is 0 Å². The van der Waals surface area contributed by atoms with Crippen LogP contribution in [0.2, 0.25) is 0 Å². The fraction of sp³-hybridized carbons (Fsp3) is 0.714. The molecule has 0 amide bonds. The van der Waals surface area contributed by atoms with Crippen molar-refractivity contribution in [2.45, 2.75) is 19.8 Å². The Bertz CT molecular complexity index is 112. The van der Waals surface area contributed by atoms with Crippen LogP contribution in [0.3, 0.4) is 0 Å². The topological polar surface area (TPSA) is 165 Å².